The molecule has 4 nitrogen and oxygen atoms in total. The first-order valence-corrected chi connectivity index (χ1v) is 10.0. The standard InChI is InChI=1S/C22H19NO3S/c1-23(2)27(24,25)18-14-12-17(13-15-18)22-21(16-8-4-3-5-9-16)19-10-6-7-11-20(19)26-22/h3-15H,1-2H3. The van der Waals surface area contributed by atoms with Crippen molar-refractivity contribution in [3.05, 3.63) is 78.9 Å². The lowest BCUT2D eigenvalue weighted by Crippen LogP contribution is -2.22. The maximum atomic E-state index is 12.3. The topological polar surface area (TPSA) is 50.5 Å². The highest BCUT2D eigenvalue weighted by atomic mass is 32.2. The van der Waals surface area contributed by atoms with Crippen molar-refractivity contribution in [1.82, 2.24) is 4.31 Å². The van der Waals surface area contributed by atoms with E-state index in [-0.39, 0.29) is 4.90 Å². The molecule has 0 aliphatic rings. The lowest BCUT2D eigenvalue weighted by Gasteiger charge is -2.11. The number of hydrogen-bond acceptors (Lipinski definition) is 3. The van der Waals surface area contributed by atoms with Crippen LogP contribution in [0.15, 0.2) is 88.2 Å². The second-order valence-corrected chi connectivity index (χ2v) is 8.63. The van der Waals surface area contributed by atoms with Crippen molar-refractivity contribution < 1.29 is 12.8 Å². The molecule has 0 bridgehead atoms. The number of nitrogens with zero attached hydrogens (tertiary/aromatic N) is 1. The van der Waals surface area contributed by atoms with Crippen LogP contribution >= 0.6 is 0 Å². The molecular weight excluding hydrogens is 358 g/mol. The quantitative estimate of drug-likeness (QED) is 0.502. The maximum Gasteiger partial charge on any atom is 0.242 e. The Morgan fingerprint density at radius 2 is 1.37 bits per heavy atom. The molecule has 0 spiro atoms. The first-order chi connectivity index (χ1) is 13.0. The lowest BCUT2D eigenvalue weighted by molar-refractivity contribution is 0.520. The molecule has 136 valence electrons. The van der Waals surface area contributed by atoms with Crippen molar-refractivity contribution in [2.24, 2.45) is 0 Å². The van der Waals surface area contributed by atoms with E-state index in [9.17, 15) is 8.42 Å². The summed E-state index contributed by atoms with van der Waals surface area (Å²) in [4.78, 5) is 0.258. The summed E-state index contributed by atoms with van der Waals surface area (Å²) < 4.78 is 32.0. The van der Waals surface area contributed by atoms with Crippen LogP contribution in [0.2, 0.25) is 0 Å². The van der Waals surface area contributed by atoms with Gasteiger partial charge in [-0.2, -0.15) is 0 Å². The van der Waals surface area contributed by atoms with Crippen LogP contribution in [0.4, 0.5) is 0 Å². The molecule has 0 saturated heterocycles. The van der Waals surface area contributed by atoms with E-state index in [1.165, 1.54) is 18.4 Å². The predicted molar refractivity (Wildman–Crippen MR) is 108 cm³/mol. The molecule has 0 aliphatic heterocycles. The highest BCUT2D eigenvalue weighted by molar-refractivity contribution is 7.89. The van der Waals surface area contributed by atoms with Crippen LogP contribution in [0.3, 0.4) is 0 Å². The zero-order chi connectivity index (χ0) is 19.0. The van der Waals surface area contributed by atoms with Gasteiger partial charge in [0.25, 0.3) is 0 Å². The minimum Gasteiger partial charge on any atom is -0.455 e. The van der Waals surface area contributed by atoms with Crippen LogP contribution in [0.25, 0.3) is 33.4 Å². The number of para-hydroxylation sites is 1. The first-order valence-electron chi connectivity index (χ1n) is 8.58. The maximum absolute atomic E-state index is 12.3. The van der Waals surface area contributed by atoms with Gasteiger partial charge in [0.05, 0.1) is 4.90 Å². The van der Waals surface area contributed by atoms with Gasteiger partial charge in [0, 0.05) is 30.6 Å². The van der Waals surface area contributed by atoms with Crippen molar-refractivity contribution in [2.75, 3.05) is 14.1 Å². The Hall–Kier alpha value is -2.89. The average Bonchev–Trinajstić information content (AvgIpc) is 3.08. The fourth-order valence-electron chi connectivity index (χ4n) is 3.13. The van der Waals surface area contributed by atoms with Crippen molar-refractivity contribution >= 4 is 21.0 Å². The Morgan fingerprint density at radius 3 is 2.04 bits per heavy atom. The molecule has 27 heavy (non-hydrogen) atoms. The molecule has 3 aromatic carbocycles. The van der Waals surface area contributed by atoms with E-state index in [2.05, 4.69) is 0 Å². The third kappa shape index (κ3) is 3.05. The molecule has 1 aromatic heterocycles. The zero-order valence-corrected chi connectivity index (χ0v) is 15.9. The van der Waals surface area contributed by atoms with Crippen molar-refractivity contribution in [1.29, 1.82) is 0 Å². The van der Waals surface area contributed by atoms with Gasteiger partial charge < -0.3 is 4.42 Å². The van der Waals surface area contributed by atoms with Gasteiger partial charge in [0.2, 0.25) is 10.0 Å². The smallest absolute Gasteiger partial charge is 0.242 e. The van der Waals surface area contributed by atoms with Crippen LogP contribution in [0, 0.1) is 0 Å². The molecule has 4 rings (SSSR count). The summed E-state index contributed by atoms with van der Waals surface area (Å²) in [6.07, 6.45) is 0. The number of furan rings is 1. The number of rotatable bonds is 4. The van der Waals surface area contributed by atoms with Crippen LogP contribution in [-0.2, 0) is 10.0 Å². The largest absolute Gasteiger partial charge is 0.455 e. The summed E-state index contributed by atoms with van der Waals surface area (Å²) >= 11 is 0. The molecule has 1 heterocycles. The summed E-state index contributed by atoms with van der Waals surface area (Å²) in [6.45, 7) is 0. The highest BCUT2D eigenvalue weighted by Crippen LogP contribution is 2.40. The van der Waals surface area contributed by atoms with E-state index >= 15 is 0 Å². The van der Waals surface area contributed by atoms with E-state index in [0.29, 0.717) is 0 Å². The summed E-state index contributed by atoms with van der Waals surface area (Å²) in [5.74, 6) is 0.733. The van der Waals surface area contributed by atoms with E-state index in [1.54, 1.807) is 24.3 Å². The van der Waals surface area contributed by atoms with E-state index in [1.807, 2.05) is 54.6 Å². The lowest BCUT2D eigenvalue weighted by atomic mass is 9.99. The molecule has 0 N–H and O–H groups in total. The Kier molecular flexibility index (Phi) is 4.34. The van der Waals surface area contributed by atoms with Gasteiger partial charge in [-0.25, -0.2) is 12.7 Å². The Morgan fingerprint density at radius 1 is 0.741 bits per heavy atom. The molecular formula is C22H19NO3S. The second-order valence-electron chi connectivity index (χ2n) is 6.48. The predicted octanol–water partition coefficient (Wildman–Crippen LogP) is 5.02. The molecule has 5 heteroatoms. The SMILES string of the molecule is CN(C)S(=O)(=O)c1ccc(-c2oc3ccccc3c2-c2ccccc2)cc1. The van der Waals surface area contributed by atoms with Crippen LogP contribution in [-0.4, -0.2) is 26.8 Å². The number of benzene rings is 3. The second kappa shape index (κ2) is 6.68. The summed E-state index contributed by atoms with van der Waals surface area (Å²) in [7, 11) is -0.412. The van der Waals surface area contributed by atoms with Gasteiger partial charge >= 0.3 is 0 Å². The summed E-state index contributed by atoms with van der Waals surface area (Å²) in [5, 5.41) is 1.03. The molecule has 0 radical (unpaired) electrons. The van der Waals surface area contributed by atoms with E-state index in [0.717, 1.165) is 33.4 Å². The molecule has 0 fully saturated rings. The fourth-order valence-corrected chi connectivity index (χ4v) is 4.03. The fraction of sp³-hybridized carbons (Fsp3) is 0.0909. The number of sulfonamides is 1. The highest BCUT2D eigenvalue weighted by Gasteiger charge is 2.20. The molecule has 0 saturated carbocycles. The molecule has 0 aliphatic carbocycles. The Labute approximate surface area is 158 Å². The average molecular weight is 377 g/mol. The Balaban J connectivity index is 1.90. The van der Waals surface area contributed by atoms with Crippen molar-refractivity contribution in [2.45, 2.75) is 4.90 Å². The normalized spacial score (nSPS) is 12.0. The van der Waals surface area contributed by atoms with E-state index in [4.69, 9.17) is 4.42 Å². The first kappa shape index (κ1) is 17.5. The zero-order valence-electron chi connectivity index (χ0n) is 15.1. The molecule has 0 atom stereocenters. The molecule has 4 aromatic rings. The molecule has 0 unspecified atom stereocenters. The number of hydrogen-bond donors (Lipinski definition) is 0. The van der Waals surface area contributed by atoms with Crippen molar-refractivity contribution in [3.63, 3.8) is 0 Å². The van der Waals surface area contributed by atoms with Gasteiger partial charge in [0.1, 0.15) is 11.3 Å². The van der Waals surface area contributed by atoms with Crippen LogP contribution in [0.1, 0.15) is 0 Å². The number of fused-ring (bicyclic) bond motifs is 1. The van der Waals surface area contributed by atoms with Crippen LogP contribution in [0.5, 0.6) is 0 Å². The summed E-state index contributed by atoms with van der Waals surface area (Å²) in [6, 6.07) is 24.8. The van der Waals surface area contributed by atoms with E-state index < -0.39 is 10.0 Å². The van der Waals surface area contributed by atoms with Gasteiger partial charge in [-0.3, -0.25) is 0 Å². The van der Waals surface area contributed by atoms with Crippen LogP contribution < -0.4 is 0 Å². The van der Waals surface area contributed by atoms with Gasteiger partial charge in [-0.1, -0.05) is 48.5 Å². The third-order valence-electron chi connectivity index (χ3n) is 4.55. The summed E-state index contributed by atoms with van der Waals surface area (Å²) in [5.41, 5.74) is 3.70. The minimum absolute atomic E-state index is 0.258. The monoisotopic (exact) mass is 377 g/mol. The third-order valence-corrected chi connectivity index (χ3v) is 6.38. The van der Waals surface area contributed by atoms with Crippen molar-refractivity contribution in [3.8, 4) is 22.5 Å². The Bertz CT molecular complexity index is 1190. The van der Waals surface area contributed by atoms with Gasteiger partial charge in [-0.15, -0.1) is 0 Å². The molecule has 0 amide bonds. The van der Waals surface area contributed by atoms with Gasteiger partial charge in [0.15, 0.2) is 0 Å². The van der Waals surface area contributed by atoms with Gasteiger partial charge in [-0.05, 0) is 35.9 Å². The minimum atomic E-state index is -3.46.